The maximum absolute atomic E-state index is 5.39. The van der Waals surface area contributed by atoms with E-state index in [2.05, 4.69) is 0 Å². The van der Waals surface area contributed by atoms with Crippen molar-refractivity contribution in [1.29, 1.82) is 0 Å². The summed E-state index contributed by atoms with van der Waals surface area (Å²) < 4.78 is 10.8. The largest absolute Gasteiger partial charge is 0.490 e. The first-order valence-corrected chi connectivity index (χ1v) is 5.34. The van der Waals surface area contributed by atoms with Gasteiger partial charge in [-0.25, -0.2) is 0 Å². The van der Waals surface area contributed by atoms with Crippen molar-refractivity contribution >= 4 is 8.58 Å². The lowest BCUT2D eigenvalue weighted by Gasteiger charge is -2.20. The Morgan fingerprint density at radius 1 is 0.769 bits per heavy atom. The van der Waals surface area contributed by atoms with Crippen LogP contribution in [0.4, 0.5) is 0 Å². The van der Waals surface area contributed by atoms with Gasteiger partial charge in [0.2, 0.25) is 0 Å². The highest BCUT2D eigenvalue weighted by molar-refractivity contribution is 7.39. The van der Waals surface area contributed by atoms with Gasteiger partial charge in [-0.2, -0.15) is 0 Å². The summed E-state index contributed by atoms with van der Waals surface area (Å²) in [6.45, 7) is 0. The van der Waals surface area contributed by atoms with Crippen LogP contribution in [0.25, 0.3) is 0 Å². The summed E-state index contributed by atoms with van der Waals surface area (Å²) in [6.07, 6.45) is 15.3. The Hall–Kier alpha value is -1.01. The molecule has 2 aliphatic rings. The lowest BCUT2D eigenvalue weighted by molar-refractivity contribution is 0.228. The average molecular weight is 194 g/mol. The summed E-state index contributed by atoms with van der Waals surface area (Å²) in [5, 5.41) is 0. The number of ether oxygens (including phenoxy) is 2. The standard InChI is InChI=1S/C10H11O2P/c1-3-7-11-9(5-1)13-10-6-2-4-8-12-10/h1-10,13H. The monoisotopic (exact) mass is 194 g/mol. The van der Waals surface area contributed by atoms with Crippen LogP contribution in [0.3, 0.4) is 0 Å². The second-order valence-corrected chi connectivity index (χ2v) is 4.18. The van der Waals surface area contributed by atoms with Gasteiger partial charge in [0, 0.05) is 0 Å². The second-order valence-electron chi connectivity index (χ2n) is 2.71. The first-order chi connectivity index (χ1) is 6.45. The first kappa shape index (κ1) is 8.58. The number of hydrogen-bond donors (Lipinski definition) is 0. The molecular weight excluding hydrogens is 183 g/mol. The molecule has 0 spiro atoms. The summed E-state index contributed by atoms with van der Waals surface area (Å²) in [6, 6.07) is 0. The van der Waals surface area contributed by atoms with Gasteiger partial charge in [-0.05, 0) is 32.9 Å². The third-order valence-electron chi connectivity index (χ3n) is 1.73. The molecule has 68 valence electrons. The molecule has 2 unspecified atom stereocenters. The van der Waals surface area contributed by atoms with Crippen LogP contribution < -0.4 is 0 Å². The Morgan fingerprint density at radius 3 is 1.69 bits per heavy atom. The van der Waals surface area contributed by atoms with E-state index in [0.29, 0.717) is 8.58 Å². The van der Waals surface area contributed by atoms with Gasteiger partial charge in [0.05, 0.1) is 12.5 Å². The lowest BCUT2D eigenvalue weighted by atomic mass is 10.4. The van der Waals surface area contributed by atoms with E-state index >= 15 is 0 Å². The molecular formula is C10H11O2P. The zero-order valence-electron chi connectivity index (χ0n) is 7.09. The maximum atomic E-state index is 5.39. The Morgan fingerprint density at radius 2 is 1.31 bits per heavy atom. The summed E-state index contributed by atoms with van der Waals surface area (Å²) in [4.78, 5) is 0. The van der Waals surface area contributed by atoms with E-state index in [1.165, 1.54) is 0 Å². The van der Waals surface area contributed by atoms with Crippen molar-refractivity contribution in [3.8, 4) is 0 Å². The minimum Gasteiger partial charge on any atom is -0.490 e. The van der Waals surface area contributed by atoms with Crippen molar-refractivity contribution < 1.29 is 9.47 Å². The molecule has 0 aromatic rings. The van der Waals surface area contributed by atoms with Crippen molar-refractivity contribution in [2.75, 3.05) is 0 Å². The van der Waals surface area contributed by atoms with E-state index in [1.54, 1.807) is 12.5 Å². The third-order valence-corrected chi connectivity index (χ3v) is 3.04. The SMILES string of the molecule is C1=COC(PC2C=CC=CO2)C=C1. The molecule has 0 radical (unpaired) electrons. The Kier molecular flexibility index (Phi) is 2.83. The molecule has 2 aliphatic heterocycles. The highest BCUT2D eigenvalue weighted by Gasteiger charge is 2.14. The summed E-state index contributed by atoms with van der Waals surface area (Å²) in [7, 11) is 0.610. The number of allylic oxidation sites excluding steroid dienone is 4. The van der Waals surface area contributed by atoms with Crippen LogP contribution in [-0.4, -0.2) is 11.7 Å². The molecule has 2 nitrogen and oxygen atoms in total. The fourth-order valence-corrected chi connectivity index (χ4v) is 2.21. The molecule has 2 rings (SSSR count). The summed E-state index contributed by atoms with van der Waals surface area (Å²) in [5.41, 5.74) is 0. The highest BCUT2D eigenvalue weighted by Crippen LogP contribution is 2.31. The normalized spacial score (nSPS) is 30.8. The molecule has 2 heterocycles. The van der Waals surface area contributed by atoms with E-state index in [0.717, 1.165) is 0 Å². The fraction of sp³-hybridized carbons (Fsp3) is 0.200. The minimum atomic E-state index is 0.172. The van der Waals surface area contributed by atoms with Crippen LogP contribution in [0.15, 0.2) is 49.0 Å². The molecule has 0 aromatic carbocycles. The van der Waals surface area contributed by atoms with Gasteiger partial charge in [-0.3, -0.25) is 0 Å². The Bertz CT molecular complexity index is 251. The number of rotatable bonds is 2. The number of hydrogen-bond acceptors (Lipinski definition) is 2. The van der Waals surface area contributed by atoms with Crippen LogP contribution in [-0.2, 0) is 9.47 Å². The Labute approximate surface area is 79.4 Å². The van der Waals surface area contributed by atoms with Gasteiger partial charge in [-0.1, -0.05) is 12.2 Å². The van der Waals surface area contributed by atoms with Crippen molar-refractivity contribution in [3.05, 3.63) is 49.0 Å². The maximum Gasteiger partial charge on any atom is 0.135 e. The van der Waals surface area contributed by atoms with E-state index in [-0.39, 0.29) is 11.7 Å². The predicted octanol–water partition coefficient (Wildman–Crippen LogP) is 2.52. The molecule has 0 saturated heterocycles. The molecule has 2 atom stereocenters. The van der Waals surface area contributed by atoms with Crippen LogP contribution in [0, 0.1) is 0 Å². The lowest BCUT2D eigenvalue weighted by Crippen LogP contribution is -2.09. The molecule has 0 bridgehead atoms. The molecule has 0 saturated carbocycles. The fourth-order valence-electron chi connectivity index (χ4n) is 1.12. The molecule has 0 aromatic heterocycles. The van der Waals surface area contributed by atoms with Gasteiger partial charge in [0.15, 0.2) is 0 Å². The van der Waals surface area contributed by atoms with Crippen molar-refractivity contribution in [3.63, 3.8) is 0 Å². The Balaban J connectivity index is 1.84. The summed E-state index contributed by atoms with van der Waals surface area (Å²) in [5.74, 6) is 0.345. The van der Waals surface area contributed by atoms with Crippen LogP contribution in [0.5, 0.6) is 0 Å². The van der Waals surface area contributed by atoms with Crippen molar-refractivity contribution in [1.82, 2.24) is 0 Å². The van der Waals surface area contributed by atoms with Crippen LogP contribution >= 0.6 is 8.58 Å². The van der Waals surface area contributed by atoms with E-state index < -0.39 is 0 Å². The third kappa shape index (κ3) is 2.46. The molecule has 0 amide bonds. The van der Waals surface area contributed by atoms with Crippen LogP contribution in [0.1, 0.15) is 0 Å². The van der Waals surface area contributed by atoms with E-state index in [9.17, 15) is 0 Å². The van der Waals surface area contributed by atoms with Gasteiger partial charge >= 0.3 is 0 Å². The van der Waals surface area contributed by atoms with Gasteiger partial charge in [0.1, 0.15) is 11.7 Å². The highest BCUT2D eigenvalue weighted by atomic mass is 31.1. The van der Waals surface area contributed by atoms with Crippen molar-refractivity contribution in [2.45, 2.75) is 11.7 Å². The summed E-state index contributed by atoms with van der Waals surface area (Å²) >= 11 is 0. The molecule has 3 heteroatoms. The van der Waals surface area contributed by atoms with Crippen LogP contribution in [0.2, 0.25) is 0 Å². The predicted molar refractivity (Wildman–Crippen MR) is 54.6 cm³/mol. The van der Waals surface area contributed by atoms with E-state index in [1.807, 2.05) is 36.5 Å². The minimum absolute atomic E-state index is 0.172. The van der Waals surface area contributed by atoms with Gasteiger partial charge in [0.25, 0.3) is 0 Å². The second kappa shape index (κ2) is 4.29. The zero-order chi connectivity index (χ0) is 8.93. The smallest absolute Gasteiger partial charge is 0.135 e. The quantitative estimate of drug-likeness (QED) is 0.629. The molecule has 0 N–H and O–H groups in total. The molecule has 0 fully saturated rings. The van der Waals surface area contributed by atoms with Crippen molar-refractivity contribution in [2.24, 2.45) is 0 Å². The topological polar surface area (TPSA) is 18.5 Å². The van der Waals surface area contributed by atoms with Gasteiger partial charge < -0.3 is 9.47 Å². The zero-order valence-corrected chi connectivity index (χ0v) is 8.09. The average Bonchev–Trinajstić information content (AvgIpc) is 2.21. The molecule has 0 aliphatic carbocycles. The first-order valence-electron chi connectivity index (χ1n) is 4.19. The van der Waals surface area contributed by atoms with E-state index in [4.69, 9.17) is 9.47 Å². The molecule has 13 heavy (non-hydrogen) atoms. The van der Waals surface area contributed by atoms with Gasteiger partial charge in [-0.15, -0.1) is 0 Å².